The molecule has 176 valence electrons. The van der Waals surface area contributed by atoms with E-state index in [9.17, 15) is 21.6 Å². The lowest BCUT2D eigenvalue weighted by atomic mass is 9.96. The van der Waals surface area contributed by atoms with Gasteiger partial charge in [-0.2, -0.15) is 4.31 Å². The fourth-order valence-corrected chi connectivity index (χ4v) is 6.82. The van der Waals surface area contributed by atoms with Gasteiger partial charge >= 0.3 is 0 Å². The van der Waals surface area contributed by atoms with Gasteiger partial charge in [0, 0.05) is 18.7 Å². The highest BCUT2D eigenvalue weighted by Crippen LogP contribution is 2.29. The Kier molecular flexibility index (Phi) is 6.56. The molecule has 1 amide bonds. The molecule has 1 saturated carbocycles. The second kappa shape index (κ2) is 9.11. The van der Waals surface area contributed by atoms with Crippen LogP contribution in [0.5, 0.6) is 0 Å². The van der Waals surface area contributed by atoms with Gasteiger partial charge in [-0.15, -0.1) is 0 Å². The summed E-state index contributed by atoms with van der Waals surface area (Å²) < 4.78 is 51.0. The van der Waals surface area contributed by atoms with Crippen LogP contribution in [-0.4, -0.2) is 45.1 Å². The number of rotatable bonds is 6. The van der Waals surface area contributed by atoms with Crippen LogP contribution in [-0.2, 0) is 20.0 Å². The number of hydrogen-bond donors (Lipinski definition) is 2. The number of nitrogens with one attached hydrogen (secondary N) is 1. The number of carbonyl (C=O) groups is 1. The number of carbonyl (C=O) groups excluding carboxylic acids is 1. The minimum atomic E-state index is -3.84. The highest BCUT2D eigenvalue weighted by molar-refractivity contribution is 7.89. The average Bonchev–Trinajstić information content (AvgIpc) is 3.20. The van der Waals surface area contributed by atoms with Crippen LogP contribution in [0.25, 0.3) is 10.2 Å². The molecule has 0 saturated heterocycles. The molecule has 1 aliphatic carbocycles. The van der Waals surface area contributed by atoms with Crippen LogP contribution in [0.4, 0.5) is 5.13 Å². The Morgan fingerprint density at radius 3 is 2.30 bits per heavy atom. The number of anilines is 1. The van der Waals surface area contributed by atoms with Crippen molar-refractivity contribution in [1.82, 2.24) is 9.29 Å². The lowest BCUT2D eigenvalue weighted by Gasteiger charge is -2.30. The molecule has 0 atom stereocenters. The Labute approximate surface area is 196 Å². The van der Waals surface area contributed by atoms with E-state index in [1.165, 1.54) is 46.8 Å². The number of fused-ring (bicyclic) bond motifs is 1. The van der Waals surface area contributed by atoms with Crippen LogP contribution in [0.2, 0.25) is 0 Å². The first-order valence-electron chi connectivity index (χ1n) is 10.4. The predicted molar refractivity (Wildman–Crippen MR) is 127 cm³/mol. The molecule has 33 heavy (non-hydrogen) atoms. The van der Waals surface area contributed by atoms with E-state index in [4.69, 9.17) is 5.14 Å². The quantitative estimate of drug-likeness (QED) is 0.524. The second-order valence-corrected chi connectivity index (χ2v) is 12.6. The number of aromatic nitrogens is 1. The van der Waals surface area contributed by atoms with Crippen molar-refractivity contribution in [1.29, 1.82) is 0 Å². The second-order valence-electron chi connectivity index (χ2n) is 7.99. The number of benzene rings is 2. The summed E-state index contributed by atoms with van der Waals surface area (Å²) in [6.07, 6.45) is 4.90. The molecule has 9 nitrogen and oxygen atoms in total. The summed E-state index contributed by atoms with van der Waals surface area (Å²) in [4.78, 5) is 17.0. The zero-order valence-electron chi connectivity index (χ0n) is 17.9. The van der Waals surface area contributed by atoms with Gasteiger partial charge < -0.3 is 0 Å². The molecule has 1 aliphatic rings. The van der Waals surface area contributed by atoms with E-state index in [1.54, 1.807) is 7.05 Å². The minimum Gasteiger partial charge on any atom is -0.298 e. The number of primary sulfonamides is 1. The molecule has 1 aromatic heterocycles. The van der Waals surface area contributed by atoms with Gasteiger partial charge in [-0.05, 0) is 55.3 Å². The molecule has 3 aromatic rings. The molecular formula is C21H24N4O5S3. The summed E-state index contributed by atoms with van der Waals surface area (Å²) in [7, 11) is -5.87. The topological polar surface area (TPSA) is 140 Å². The molecule has 0 spiro atoms. The predicted octanol–water partition coefficient (Wildman–Crippen LogP) is 3.15. The number of thiazole rings is 1. The van der Waals surface area contributed by atoms with Crippen molar-refractivity contribution in [2.45, 2.75) is 47.9 Å². The van der Waals surface area contributed by atoms with E-state index in [-0.39, 0.29) is 26.5 Å². The van der Waals surface area contributed by atoms with Crippen molar-refractivity contribution in [3.8, 4) is 0 Å². The van der Waals surface area contributed by atoms with Gasteiger partial charge in [-0.1, -0.05) is 30.6 Å². The fraction of sp³-hybridized carbons (Fsp3) is 0.333. The lowest BCUT2D eigenvalue weighted by molar-refractivity contribution is 0.102. The van der Waals surface area contributed by atoms with Gasteiger partial charge in [0.15, 0.2) is 5.13 Å². The molecule has 0 bridgehead atoms. The van der Waals surface area contributed by atoms with Crippen LogP contribution in [0.3, 0.4) is 0 Å². The SMILES string of the molecule is CN(C1CCCCC1)S(=O)(=O)c1ccc(C(=O)Nc2nc3ccc(S(N)(=O)=O)cc3s2)cc1. The van der Waals surface area contributed by atoms with Crippen molar-refractivity contribution >= 4 is 52.6 Å². The molecule has 12 heteroatoms. The largest absolute Gasteiger partial charge is 0.298 e. The van der Waals surface area contributed by atoms with Gasteiger partial charge in [-0.3, -0.25) is 10.1 Å². The van der Waals surface area contributed by atoms with Crippen molar-refractivity contribution in [3.05, 3.63) is 48.0 Å². The number of sulfonamides is 2. The maximum atomic E-state index is 13.0. The Morgan fingerprint density at radius 2 is 1.67 bits per heavy atom. The van der Waals surface area contributed by atoms with Gasteiger partial charge in [0.05, 0.1) is 20.0 Å². The van der Waals surface area contributed by atoms with E-state index in [2.05, 4.69) is 10.3 Å². The number of nitrogens with zero attached hydrogens (tertiary/aromatic N) is 2. The summed E-state index contributed by atoms with van der Waals surface area (Å²) in [5.41, 5.74) is 0.800. The fourth-order valence-electron chi connectivity index (χ4n) is 3.89. The van der Waals surface area contributed by atoms with Gasteiger partial charge in [0.2, 0.25) is 20.0 Å². The van der Waals surface area contributed by atoms with Crippen LogP contribution >= 0.6 is 11.3 Å². The third-order valence-electron chi connectivity index (χ3n) is 5.79. The van der Waals surface area contributed by atoms with Crippen LogP contribution in [0, 0.1) is 0 Å². The highest BCUT2D eigenvalue weighted by Gasteiger charge is 2.29. The summed E-state index contributed by atoms with van der Waals surface area (Å²) in [5, 5.41) is 8.11. The van der Waals surface area contributed by atoms with E-state index in [0.717, 1.165) is 43.4 Å². The van der Waals surface area contributed by atoms with E-state index < -0.39 is 26.0 Å². The number of nitrogens with two attached hydrogens (primary N) is 1. The van der Waals surface area contributed by atoms with Gasteiger partial charge in [0.1, 0.15) is 0 Å². The Hall–Kier alpha value is -2.38. The van der Waals surface area contributed by atoms with E-state index in [0.29, 0.717) is 10.2 Å². The average molecular weight is 509 g/mol. The highest BCUT2D eigenvalue weighted by atomic mass is 32.2. The molecular weight excluding hydrogens is 484 g/mol. The number of amides is 1. The third kappa shape index (κ3) is 5.09. The van der Waals surface area contributed by atoms with E-state index >= 15 is 0 Å². The maximum absolute atomic E-state index is 13.0. The maximum Gasteiger partial charge on any atom is 0.257 e. The Balaban J connectivity index is 1.49. The third-order valence-corrected chi connectivity index (χ3v) is 9.56. The summed E-state index contributed by atoms with van der Waals surface area (Å²) in [6, 6.07) is 10.1. The first kappa shape index (κ1) is 23.8. The van der Waals surface area contributed by atoms with Gasteiger partial charge in [0.25, 0.3) is 5.91 Å². The first-order chi connectivity index (χ1) is 15.6. The zero-order valence-corrected chi connectivity index (χ0v) is 20.3. The van der Waals surface area contributed by atoms with Crippen molar-refractivity contribution in [2.75, 3.05) is 12.4 Å². The summed E-state index contributed by atoms with van der Waals surface area (Å²) in [6.45, 7) is 0. The lowest BCUT2D eigenvalue weighted by Crippen LogP contribution is -2.38. The molecule has 2 aromatic carbocycles. The smallest absolute Gasteiger partial charge is 0.257 e. The summed E-state index contributed by atoms with van der Waals surface area (Å²) >= 11 is 1.11. The first-order valence-corrected chi connectivity index (χ1v) is 14.2. The summed E-state index contributed by atoms with van der Waals surface area (Å²) in [5.74, 6) is -0.453. The normalized spacial score (nSPS) is 15.7. The van der Waals surface area contributed by atoms with Crippen LogP contribution < -0.4 is 10.5 Å². The van der Waals surface area contributed by atoms with E-state index in [1.807, 2.05) is 0 Å². The molecule has 0 aliphatic heterocycles. The Morgan fingerprint density at radius 1 is 1.03 bits per heavy atom. The minimum absolute atomic E-state index is 0.000495. The Bertz CT molecular complexity index is 1390. The van der Waals surface area contributed by atoms with Crippen molar-refractivity contribution < 1.29 is 21.6 Å². The zero-order chi connectivity index (χ0) is 23.8. The molecule has 1 heterocycles. The molecule has 1 fully saturated rings. The van der Waals surface area contributed by atoms with Crippen LogP contribution in [0.15, 0.2) is 52.3 Å². The van der Waals surface area contributed by atoms with Crippen molar-refractivity contribution in [3.63, 3.8) is 0 Å². The molecule has 0 radical (unpaired) electrons. The number of hydrogen-bond acceptors (Lipinski definition) is 7. The molecule has 0 unspecified atom stereocenters. The van der Waals surface area contributed by atoms with Gasteiger partial charge in [-0.25, -0.2) is 27.0 Å². The molecule has 3 N–H and O–H groups in total. The monoisotopic (exact) mass is 508 g/mol. The van der Waals surface area contributed by atoms with Crippen LogP contribution in [0.1, 0.15) is 42.5 Å². The van der Waals surface area contributed by atoms with Crippen molar-refractivity contribution in [2.24, 2.45) is 5.14 Å². The molecule has 4 rings (SSSR count). The standard InChI is InChI=1S/C21H24N4O5S3/c1-25(15-5-3-2-4-6-15)33(29,30)16-9-7-14(8-10-16)20(26)24-21-23-18-12-11-17(32(22,27)28)13-19(18)31-21/h7-13,15H,2-6H2,1H3,(H2,22,27,28)(H,23,24,26).